The van der Waals surface area contributed by atoms with Crippen LogP contribution in [0, 0.1) is 6.07 Å². The summed E-state index contributed by atoms with van der Waals surface area (Å²) in [7, 11) is 0. The van der Waals surface area contributed by atoms with Crippen LogP contribution in [0.4, 0.5) is 0 Å². The van der Waals surface area contributed by atoms with Gasteiger partial charge in [0.2, 0.25) is 0 Å². The number of hydrogen-bond acceptors (Lipinski definition) is 1. The van der Waals surface area contributed by atoms with Crippen molar-refractivity contribution in [3.63, 3.8) is 0 Å². The fourth-order valence-corrected chi connectivity index (χ4v) is 5.72. The maximum absolute atomic E-state index is 5.03. The molecule has 1 nitrogen and oxygen atoms in total. The molecule has 5 aromatic carbocycles. The van der Waals surface area contributed by atoms with Crippen molar-refractivity contribution in [3.8, 4) is 44.6 Å². The van der Waals surface area contributed by atoms with Crippen molar-refractivity contribution in [3.05, 3.63) is 138 Å². The normalized spacial score (nSPS) is 11.6. The molecular weight excluding hydrogens is 675 g/mol. The van der Waals surface area contributed by atoms with Crippen molar-refractivity contribution in [2.75, 3.05) is 0 Å². The average molecular weight is 705 g/mol. The van der Waals surface area contributed by atoms with E-state index in [9.17, 15) is 0 Å². The van der Waals surface area contributed by atoms with E-state index in [1.165, 1.54) is 55.5 Å². The summed E-state index contributed by atoms with van der Waals surface area (Å²) in [5.41, 5.74) is 15.4. The van der Waals surface area contributed by atoms with Gasteiger partial charge in [0.1, 0.15) is 0 Å². The smallest absolute Gasteiger partial charge is 0.0607 e. The Morgan fingerprint density at radius 3 is 1.76 bits per heavy atom. The van der Waals surface area contributed by atoms with E-state index in [-0.39, 0.29) is 20.1 Å². The van der Waals surface area contributed by atoms with Crippen LogP contribution in [0.3, 0.4) is 0 Å². The summed E-state index contributed by atoms with van der Waals surface area (Å²) in [6.07, 6.45) is 6.45. The quantitative estimate of drug-likeness (QED) is 0.157. The Morgan fingerprint density at radius 2 is 1.15 bits per heavy atom. The number of pyridine rings is 1. The van der Waals surface area contributed by atoms with E-state index < -0.39 is 0 Å². The summed E-state index contributed by atoms with van der Waals surface area (Å²) in [5, 5.41) is 1.24. The largest absolute Gasteiger partial charge is 0.296 e. The molecule has 0 unspecified atom stereocenters. The van der Waals surface area contributed by atoms with Crippen LogP contribution in [0.25, 0.3) is 67.7 Å². The van der Waals surface area contributed by atoms with Gasteiger partial charge < -0.3 is 0 Å². The molecule has 1 aliphatic rings. The van der Waals surface area contributed by atoms with Gasteiger partial charge in [-0.3, -0.25) is 4.98 Å². The predicted molar refractivity (Wildman–Crippen MR) is 170 cm³/mol. The maximum atomic E-state index is 5.03. The summed E-state index contributed by atoms with van der Waals surface area (Å²) in [4.78, 5) is 5.03. The molecule has 0 aliphatic heterocycles. The van der Waals surface area contributed by atoms with Gasteiger partial charge >= 0.3 is 0 Å². The van der Waals surface area contributed by atoms with E-state index in [4.69, 9.17) is 4.98 Å². The molecule has 1 aromatic heterocycles. The van der Waals surface area contributed by atoms with Gasteiger partial charge in [-0.25, -0.2) is 0 Å². The molecule has 201 valence electrons. The van der Waals surface area contributed by atoms with Gasteiger partial charge in [-0.05, 0) is 92.9 Å². The third-order valence-electron chi connectivity index (χ3n) is 8.07. The molecule has 0 amide bonds. The van der Waals surface area contributed by atoms with E-state index in [1.807, 2.05) is 6.07 Å². The monoisotopic (exact) mass is 705 g/mol. The van der Waals surface area contributed by atoms with Gasteiger partial charge in [0, 0.05) is 25.5 Å². The number of aryl methyl sites for hydroxylation is 2. The summed E-state index contributed by atoms with van der Waals surface area (Å²) >= 11 is 0. The number of hydrogen-bond donors (Lipinski definition) is 0. The molecule has 6 aromatic rings. The molecule has 2 heteroatoms. The number of aromatic nitrogens is 1. The van der Waals surface area contributed by atoms with Crippen molar-refractivity contribution in [1.29, 1.82) is 0 Å². The zero-order valence-electron chi connectivity index (χ0n) is 23.2. The minimum Gasteiger partial charge on any atom is -0.296 e. The maximum Gasteiger partial charge on any atom is 0.0607 e. The van der Waals surface area contributed by atoms with Crippen molar-refractivity contribution in [2.24, 2.45) is 0 Å². The first-order valence-electron chi connectivity index (χ1n) is 14.2. The number of rotatable bonds is 6. The standard InChI is InChI=1S/C39H30N.Ir/c1-3-26-11-15-28(16-12-26)34-22-35(29-17-13-27(4-2)14-18-29)24-36(23-34)31-8-5-9-32(21-31)38-25-33-20-19-30-7-6-10-37(40-38)39(30)33;/h5-8,10-25H,3-4H2,1-2H3;/q-1;. The van der Waals surface area contributed by atoms with Crippen molar-refractivity contribution in [1.82, 2.24) is 4.98 Å². The summed E-state index contributed by atoms with van der Waals surface area (Å²) in [5.74, 6) is 0. The van der Waals surface area contributed by atoms with Crippen molar-refractivity contribution < 1.29 is 20.1 Å². The Hall–Kier alpha value is -4.10. The van der Waals surface area contributed by atoms with E-state index in [0.29, 0.717) is 0 Å². The molecule has 1 radical (unpaired) electrons. The molecule has 0 N–H and O–H groups in total. The Morgan fingerprint density at radius 1 is 0.561 bits per heavy atom. The van der Waals surface area contributed by atoms with Crippen LogP contribution in [-0.4, -0.2) is 4.98 Å². The second-order valence-electron chi connectivity index (χ2n) is 10.6. The van der Waals surface area contributed by atoms with Crippen LogP contribution in [0.2, 0.25) is 0 Å². The van der Waals surface area contributed by atoms with E-state index in [2.05, 4.69) is 135 Å². The Labute approximate surface area is 256 Å². The number of benzene rings is 5. The molecule has 1 aliphatic carbocycles. The van der Waals surface area contributed by atoms with Crippen molar-refractivity contribution in [2.45, 2.75) is 26.7 Å². The van der Waals surface area contributed by atoms with Gasteiger partial charge in [-0.15, -0.1) is 35.4 Å². The minimum atomic E-state index is 0. The summed E-state index contributed by atoms with van der Waals surface area (Å²) < 4.78 is 0. The minimum absolute atomic E-state index is 0. The first-order valence-corrected chi connectivity index (χ1v) is 14.2. The zero-order chi connectivity index (χ0) is 27.1. The topological polar surface area (TPSA) is 12.9 Å². The fourth-order valence-electron chi connectivity index (χ4n) is 5.72. The van der Waals surface area contributed by atoms with Crippen LogP contribution in [-0.2, 0) is 32.9 Å². The third-order valence-corrected chi connectivity index (χ3v) is 8.07. The molecule has 0 fully saturated rings. The molecule has 0 spiro atoms. The third kappa shape index (κ3) is 5.22. The fraction of sp³-hybridized carbons (Fsp3) is 0.103. The van der Waals surface area contributed by atoms with Crippen LogP contribution >= 0.6 is 0 Å². The molecule has 0 atom stereocenters. The van der Waals surface area contributed by atoms with Gasteiger partial charge in [0.15, 0.2) is 0 Å². The van der Waals surface area contributed by atoms with Crippen LogP contribution in [0.15, 0.2) is 109 Å². The van der Waals surface area contributed by atoms with Gasteiger partial charge in [0.25, 0.3) is 0 Å². The van der Waals surface area contributed by atoms with E-state index in [1.54, 1.807) is 0 Å². The Kier molecular flexibility index (Phi) is 7.54. The van der Waals surface area contributed by atoms with Crippen molar-refractivity contribution >= 4 is 23.1 Å². The molecule has 0 bridgehead atoms. The first-order chi connectivity index (χ1) is 19.7. The van der Waals surface area contributed by atoms with Crippen LogP contribution < -0.4 is 0 Å². The van der Waals surface area contributed by atoms with Crippen LogP contribution in [0.5, 0.6) is 0 Å². The van der Waals surface area contributed by atoms with Gasteiger partial charge in [-0.2, -0.15) is 0 Å². The first kappa shape index (κ1) is 27.1. The molecule has 41 heavy (non-hydrogen) atoms. The SMILES string of the molecule is CCc1ccc(-c2cc(-c3ccc(CC)cc3)cc(-c3cc[c-]c(-c4cc5c6c(cccc6n4)C=C5)c3)c2)cc1.[Ir]. The van der Waals surface area contributed by atoms with Gasteiger partial charge in [0.05, 0.1) is 5.52 Å². The molecule has 0 saturated carbocycles. The number of nitrogens with zero attached hydrogens (tertiary/aromatic N) is 1. The Balaban J connectivity index is 0.00000302. The second-order valence-corrected chi connectivity index (χ2v) is 10.6. The van der Waals surface area contributed by atoms with E-state index >= 15 is 0 Å². The molecule has 7 rings (SSSR count). The molecule has 1 heterocycles. The summed E-state index contributed by atoms with van der Waals surface area (Å²) in [6, 6.07) is 43.3. The predicted octanol–water partition coefficient (Wildman–Crippen LogP) is 10.3. The average Bonchev–Trinajstić information content (AvgIpc) is 3.45. The zero-order valence-corrected chi connectivity index (χ0v) is 25.6. The van der Waals surface area contributed by atoms with Gasteiger partial charge in [-0.1, -0.05) is 92.7 Å². The second kappa shape index (κ2) is 11.4. The van der Waals surface area contributed by atoms with E-state index in [0.717, 1.165) is 35.2 Å². The molecular formula is C39H30IrN-. The summed E-state index contributed by atoms with van der Waals surface area (Å²) in [6.45, 7) is 4.40. The molecule has 0 saturated heterocycles. The van der Waals surface area contributed by atoms with Crippen LogP contribution in [0.1, 0.15) is 36.1 Å². The Bertz CT molecular complexity index is 1830.